The number of aliphatic hydroxyl groups excluding tert-OH is 1. The maximum Gasteiger partial charge on any atom is 0.347 e. The first-order valence-electron chi connectivity index (χ1n) is 11.1. The highest BCUT2D eigenvalue weighted by atomic mass is 16.6. The van der Waals surface area contributed by atoms with Gasteiger partial charge in [-0.1, -0.05) is 43.5 Å². The van der Waals surface area contributed by atoms with Gasteiger partial charge in [0, 0.05) is 11.1 Å². The minimum atomic E-state index is -0.944. The zero-order chi connectivity index (χ0) is 28.1. The number of esters is 2. The fourth-order valence-electron chi connectivity index (χ4n) is 3.36. The summed E-state index contributed by atoms with van der Waals surface area (Å²) < 4.78 is 18.7. The summed E-state index contributed by atoms with van der Waals surface area (Å²) in [5.41, 5.74) is -2.13. The fourth-order valence-corrected chi connectivity index (χ4v) is 3.36. The molecule has 1 N–H and O–H groups in total. The molecule has 0 aliphatic carbocycles. The Morgan fingerprint density at radius 1 is 0.842 bits per heavy atom. The molecule has 0 spiro atoms. The molecule has 1 unspecified atom stereocenters. The second kappa shape index (κ2) is 11.4. The standard InChI is InChI=1S/C16H6O6.C11H16O5/c17-13-9-6-8(7-4-2-1-3-5-7)10-12(11(9)15(19)21-13)16(20)22-14(10)18;1-7(2)10(13)15-6-9(5-12)16-11(14)8(3)4/h1-6H;9,12H,1,3,5-6H2,2,4H3. The number of fused-ring (bicyclic) bond motifs is 3. The molecule has 0 bridgehead atoms. The van der Waals surface area contributed by atoms with Crippen molar-refractivity contribution in [3.63, 3.8) is 0 Å². The average molecular weight is 522 g/mol. The fraction of sp³-hybridized carbons (Fsp3) is 0.185. The van der Waals surface area contributed by atoms with Gasteiger partial charge in [0.2, 0.25) is 0 Å². The molecule has 38 heavy (non-hydrogen) atoms. The van der Waals surface area contributed by atoms with Crippen molar-refractivity contribution in [2.24, 2.45) is 0 Å². The van der Waals surface area contributed by atoms with E-state index in [1.807, 2.05) is 0 Å². The molecule has 11 nitrogen and oxygen atoms in total. The van der Waals surface area contributed by atoms with E-state index in [0.717, 1.165) is 0 Å². The summed E-state index contributed by atoms with van der Waals surface area (Å²) in [5, 5.41) is 8.45. The van der Waals surface area contributed by atoms with E-state index >= 15 is 0 Å². The van der Waals surface area contributed by atoms with E-state index in [1.165, 1.54) is 19.9 Å². The van der Waals surface area contributed by atoms with Crippen LogP contribution in [0.2, 0.25) is 0 Å². The van der Waals surface area contributed by atoms with Gasteiger partial charge in [0.05, 0.1) is 28.2 Å². The number of ether oxygens (including phenoxy) is 2. The van der Waals surface area contributed by atoms with Crippen LogP contribution in [0.25, 0.3) is 32.7 Å². The van der Waals surface area contributed by atoms with E-state index in [4.69, 9.17) is 14.6 Å². The molecule has 4 aromatic rings. The third kappa shape index (κ3) is 5.73. The van der Waals surface area contributed by atoms with Crippen LogP contribution in [0.5, 0.6) is 0 Å². The van der Waals surface area contributed by atoms with E-state index in [1.54, 1.807) is 30.3 Å². The second-order valence-corrected chi connectivity index (χ2v) is 8.19. The molecule has 0 aliphatic heterocycles. The van der Waals surface area contributed by atoms with Gasteiger partial charge >= 0.3 is 34.4 Å². The first-order chi connectivity index (χ1) is 18.0. The van der Waals surface area contributed by atoms with Gasteiger partial charge in [0.25, 0.3) is 0 Å². The smallest absolute Gasteiger partial charge is 0.347 e. The van der Waals surface area contributed by atoms with Crippen LogP contribution in [-0.2, 0) is 19.1 Å². The Balaban J connectivity index is 0.000000224. The van der Waals surface area contributed by atoms with Crippen molar-refractivity contribution < 1.29 is 33.0 Å². The van der Waals surface area contributed by atoms with Crippen LogP contribution in [0.15, 0.2) is 88.7 Å². The van der Waals surface area contributed by atoms with E-state index in [9.17, 15) is 28.8 Å². The monoisotopic (exact) mass is 522 g/mol. The summed E-state index contributed by atoms with van der Waals surface area (Å²) in [4.78, 5) is 69.5. The molecule has 1 atom stereocenters. The van der Waals surface area contributed by atoms with Crippen LogP contribution in [0.1, 0.15) is 13.8 Å². The van der Waals surface area contributed by atoms with Crippen molar-refractivity contribution in [1.82, 2.24) is 0 Å². The van der Waals surface area contributed by atoms with Crippen molar-refractivity contribution in [3.8, 4) is 11.1 Å². The number of benzene rings is 2. The Morgan fingerprint density at radius 3 is 1.97 bits per heavy atom. The number of rotatable bonds is 7. The largest absolute Gasteiger partial charge is 0.458 e. The molecular formula is C27H22O11. The summed E-state index contributed by atoms with van der Waals surface area (Å²) >= 11 is 0. The predicted molar refractivity (Wildman–Crippen MR) is 136 cm³/mol. The maximum atomic E-state index is 12.0. The molecule has 0 radical (unpaired) electrons. The van der Waals surface area contributed by atoms with Crippen molar-refractivity contribution in [2.75, 3.05) is 13.2 Å². The van der Waals surface area contributed by atoms with E-state index in [0.29, 0.717) is 11.1 Å². The topological polar surface area (TPSA) is 167 Å². The number of hydrogen-bond acceptors (Lipinski definition) is 11. The van der Waals surface area contributed by atoms with Crippen molar-refractivity contribution in [1.29, 1.82) is 0 Å². The van der Waals surface area contributed by atoms with Gasteiger partial charge in [0.1, 0.15) is 6.61 Å². The summed E-state index contributed by atoms with van der Waals surface area (Å²) in [7, 11) is 0. The highest BCUT2D eigenvalue weighted by molar-refractivity contribution is 6.12. The molecule has 0 saturated carbocycles. The number of aliphatic hydroxyl groups is 1. The lowest BCUT2D eigenvalue weighted by atomic mass is 9.97. The highest BCUT2D eigenvalue weighted by Gasteiger charge is 2.23. The third-order valence-electron chi connectivity index (χ3n) is 5.19. The zero-order valence-electron chi connectivity index (χ0n) is 20.4. The Bertz CT molecular complexity index is 1750. The van der Waals surface area contributed by atoms with Crippen LogP contribution in [0.3, 0.4) is 0 Å². The van der Waals surface area contributed by atoms with Crippen LogP contribution in [0.4, 0.5) is 0 Å². The molecule has 0 saturated heterocycles. The SMILES string of the molecule is C=C(C)C(=O)OCC(CO)OC(=O)C(=C)C.O=c1oc(=O)c2c1cc(-c1ccccc1)c1c(=O)oc(=O)c12. The quantitative estimate of drug-likeness (QED) is 0.277. The normalized spacial score (nSPS) is 11.4. The summed E-state index contributed by atoms with van der Waals surface area (Å²) in [6.45, 7) is 9.12. The van der Waals surface area contributed by atoms with Gasteiger partial charge in [-0.2, -0.15) is 0 Å². The summed E-state index contributed by atoms with van der Waals surface area (Å²) in [6, 6.07) is 10.1. The lowest BCUT2D eigenvalue weighted by Crippen LogP contribution is -2.28. The molecule has 2 heterocycles. The number of carbonyl (C=O) groups excluding carboxylic acids is 2. The first-order valence-corrected chi connectivity index (χ1v) is 11.1. The lowest BCUT2D eigenvalue weighted by Gasteiger charge is -2.15. The molecule has 0 amide bonds. The third-order valence-corrected chi connectivity index (χ3v) is 5.19. The Kier molecular flexibility index (Phi) is 8.33. The molecule has 0 aliphatic rings. The number of furan rings is 2. The molecular weight excluding hydrogens is 500 g/mol. The summed E-state index contributed by atoms with van der Waals surface area (Å²) in [5.74, 6) is -1.23. The highest BCUT2D eigenvalue weighted by Crippen LogP contribution is 2.29. The van der Waals surface area contributed by atoms with Crippen LogP contribution >= 0.6 is 0 Å². The Hall–Kier alpha value is -4.90. The predicted octanol–water partition coefficient (Wildman–Crippen LogP) is 1.75. The first kappa shape index (κ1) is 27.7. The van der Waals surface area contributed by atoms with Gasteiger partial charge in [-0.25, -0.2) is 28.8 Å². The van der Waals surface area contributed by atoms with Gasteiger partial charge in [0.15, 0.2) is 6.10 Å². The summed E-state index contributed by atoms with van der Waals surface area (Å²) in [6.07, 6.45) is -0.882. The van der Waals surface area contributed by atoms with Crippen LogP contribution in [-0.4, -0.2) is 36.4 Å². The van der Waals surface area contributed by atoms with E-state index in [2.05, 4.69) is 22.0 Å². The van der Waals surface area contributed by atoms with Crippen molar-refractivity contribution in [3.05, 3.63) is 102 Å². The van der Waals surface area contributed by atoms with Gasteiger partial charge in [-0.05, 0) is 31.0 Å². The molecule has 4 rings (SSSR count). The average Bonchev–Trinajstić information content (AvgIpc) is 3.35. The van der Waals surface area contributed by atoms with Crippen molar-refractivity contribution in [2.45, 2.75) is 20.0 Å². The zero-order valence-corrected chi connectivity index (χ0v) is 20.4. The number of hydrogen-bond donors (Lipinski definition) is 1. The number of carbonyl (C=O) groups is 2. The molecule has 11 heteroatoms. The maximum absolute atomic E-state index is 12.0. The van der Waals surface area contributed by atoms with Crippen LogP contribution < -0.4 is 22.5 Å². The molecule has 0 fully saturated rings. The van der Waals surface area contributed by atoms with Gasteiger partial charge in [-0.15, -0.1) is 0 Å². The van der Waals surface area contributed by atoms with Crippen LogP contribution in [0, 0.1) is 0 Å². The van der Waals surface area contributed by atoms with Crippen molar-refractivity contribution >= 4 is 33.5 Å². The van der Waals surface area contributed by atoms with E-state index in [-0.39, 0.29) is 39.3 Å². The second-order valence-electron chi connectivity index (χ2n) is 8.19. The molecule has 2 aromatic heterocycles. The van der Waals surface area contributed by atoms with Gasteiger partial charge in [-0.3, -0.25) is 0 Å². The van der Waals surface area contributed by atoms with E-state index < -0.39 is 47.2 Å². The van der Waals surface area contributed by atoms with Gasteiger partial charge < -0.3 is 23.4 Å². The minimum absolute atomic E-state index is 0.0124. The molecule has 196 valence electrons. The Labute approximate surface area is 213 Å². The molecule has 2 aromatic carbocycles. The Morgan fingerprint density at radius 2 is 1.39 bits per heavy atom. The minimum Gasteiger partial charge on any atom is -0.458 e. The lowest BCUT2D eigenvalue weighted by molar-refractivity contribution is -0.156.